The molecule has 1 fully saturated rings. The molecule has 1 saturated carbocycles. The van der Waals surface area contributed by atoms with Crippen LogP contribution in [0.25, 0.3) is 0 Å². The van der Waals surface area contributed by atoms with E-state index in [0.717, 1.165) is 12.5 Å². The zero-order chi connectivity index (χ0) is 15.6. The highest BCUT2D eigenvalue weighted by Gasteiger charge is 2.33. The van der Waals surface area contributed by atoms with E-state index in [-0.39, 0.29) is 0 Å². The van der Waals surface area contributed by atoms with Crippen molar-refractivity contribution in [3.05, 3.63) is 70.8 Å². The molecule has 120 valence electrons. The van der Waals surface area contributed by atoms with Crippen molar-refractivity contribution >= 4 is 0 Å². The molecule has 2 aliphatic carbocycles. The summed E-state index contributed by atoms with van der Waals surface area (Å²) in [4.78, 5) is 0. The van der Waals surface area contributed by atoms with Crippen LogP contribution in [-0.4, -0.2) is 12.1 Å². The maximum atomic E-state index is 5.89. The van der Waals surface area contributed by atoms with Crippen LogP contribution in [0.5, 0.6) is 0 Å². The highest BCUT2D eigenvalue weighted by Crippen LogP contribution is 2.37. The topological polar surface area (TPSA) is 38.0 Å². The second kappa shape index (κ2) is 6.46. The number of rotatable bonds is 5. The maximum absolute atomic E-state index is 5.89. The smallest absolute Gasteiger partial charge is 0.0178 e. The SMILES string of the molecule is NCc1ccc2c(c1)C(Cc1ccccc1)C(NC1CC1)CC2. The molecule has 0 radical (unpaired) electrons. The van der Waals surface area contributed by atoms with Gasteiger partial charge in [0.05, 0.1) is 0 Å². The summed E-state index contributed by atoms with van der Waals surface area (Å²) < 4.78 is 0. The van der Waals surface area contributed by atoms with Crippen LogP contribution < -0.4 is 11.1 Å². The van der Waals surface area contributed by atoms with E-state index in [0.29, 0.717) is 18.5 Å². The number of aryl methyl sites for hydroxylation is 1. The molecular formula is C21H26N2. The third-order valence-electron chi connectivity index (χ3n) is 5.38. The molecule has 2 nitrogen and oxygen atoms in total. The second-order valence-electron chi connectivity index (χ2n) is 7.12. The van der Waals surface area contributed by atoms with Crippen molar-refractivity contribution < 1.29 is 0 Å². The Balaban J connectivity index is 1.66. The summed E-state index contributed by atoms with van der Waals surface area (Å²) >= 11 is 0. The monoisotopic (exact) mass is 306 g/mol. The Labute approximate surface area is 139 Å². The van der Waals surface area contributed by atoms with E-state index in [2.05, 4.69) is 53.8 Å². The number of nitrogens with one attached hydrogen (secondary N) is 1. The first-order valence-electron chi connectivity index (χ1n) is 8.95. The molecule has 0 spiro atoms. The Hall–Kier alpha value is -1.64. The third kappa shape index (κ3) is 3.34. The summed E-state index contributed by atoms with van der Waals surface area (Å²) in [6.07, 6.45) is 6.26. The number of benzene rings is 2. The Bertz CT molecular complexity index is 661. The summed E-state index contributed by atoms with van der Waals surface area (Å²) in [5.74, 6) is 0.563. The molecule has 3 N–H and O–H groups in total. The summed E-state index contributed by atoms with van der Waals surface area (Å²) in [5, 5.41) is 3.91. The molecule has 2 aromatic carbocycles. The standard InChI is InChI=1S/C21H26N2/c22-14-16-6-7-17-8-11-21(23-18-9-10-18)20(19(17)13-16)12-15-4-2-1-3-5-15/h1-7,13,18,20-21,23H,8-12,14,22H2. The summed E-state index contributed by atoms with van der Waals surface area (Å²) in [5.41, 5.74) is 11.6. The molecule has 2 heteroatoms. The zero-order valence-electron chi connectivity index (χ0n) is 13.7. The first-order valence-corrected chi connectivity index (χ1v) is 8.95. The van der Waals surface area contributed by atoms with Gasteiger partial charge in [-0.2, -0.15) is 0 Å². The minimum atomic E-state index is 0.563. The van der Waals surface area contributed by atoms with Gasteiger partial charge in [0.1, 0.15) is 0 Å². The van der Waals surface area contributed by atoms with E-state index in [1.807, 2.05) is 0 Å². The van der Waals surface area contributed by atoms with Gasteiger partial charge in [0.25, 0.3) is 0 Å². The van der Waals surface area contributed by atoms with Gasteiger partial charge < -0.3 is 11.1 Å². The fourth-order valence-corrected chi connectivity index (χ4v) is 3.95. The van der Waals surface area contributed by atoms with E-state index in [9.17, 15) is 0 Å². The van der Waals surface area contributed by atoms with Gasteiger partial charge in [0.2, 0.25) is 0 Å². The molecule has 0 heterocycles. The van der Waals surface area contributed by atoms with Crippen molar-refractivity contribution in [1.29, 1.82) is 0 Å². The molecule has 2 aliphatic rings. The Morgan fingerprint density at radius 3 is 2.52 bits per heavy atom. The van der Waals surface area contributed by atoms with Gasteiger partial charge in [-0.1, -0.05) is 48.5 Å². The number of hydrogen-bond acceptors (Lipinski definition) is 2. The third-order valence-corrected chi connectivity index (χ3v) is 5.38. The van der Waals surface area contributed by atoms with E-state index in [1.165, 1.54) is 47.9 Å². The van der Waals surface area contributed by atoms with Crippen molar-refractivity contribution in [2.75, 3.05) is 0 Å². The Kier molecular flexibility index (Phi) is 4.19. The van der Waals surface area contributed by atoms with E-state index < -0.39 is 0 Å². The van der Waals surface area contributed by atoms with Crippen LogP contribution in [0.1, 0.15) is 47.4 Å². The molecule has 2 unspecified atom stereocenters. The maximum Gasteiger partial charge on any atom is 0.0178 e. The predicted octanol–water partition coefficient (Wildman–Crippen LogP) is 3.54. The van der Waals surface area contributed by atoms with E-state index in [4.69, 9.17) is 5.73 Å². The Morgan fingerprint density at radius 1 is 0.957 bits per heavy atom. The van der Waals surface area contributed by atoms with Crippen molar-refractivity contribution in [2.45, 2.75) is 56.7 Å². The fourth-order valence-electron chi connectivity index (χ4n) is 3.95. The fraction of sp³-hybridized carbons (Fsp3) is 0.429. The first-order chi connectivity index (χ1) is 11.3. The van der Waals surface area contributed by atoms with Crippen molar-refractivity contribution in [2.24, 2.45) is 5.73 Å². The molecule has 2 aromatic rings. The zero-order valence-corrected chi connectivity index (χ0v) is 13.7. The lowest BCUT2D eigenvalue weighted by molar-refractivity contribution is 0.381. The molecule has 23 heavy (non-hydrogen) atoms. The van der Waals surface area contributed by atoms with Gasteiger partial charge in [-0.15, -0.1) is 0 Å². The summed E-state index contributed by atoms with van der Waals surface area (Å²) in [7, 11) is 0. The lowest BCUT2D eigenvalue weighted by Gasteiger charge is -2.35. The Morgan fingerprint density at radius 2 is 1.78 bits per heavy atom. The highest BCUT2D eigenvalue weighted by molar-refractivity contribution is 5.39. The second-order valence-corrected chi connectivity index (χ2v) is 7.12. The molecule has 0 aliphatic heterocycles. The van der Waals surface area contributed by atoms with E-state index >= 15 is 0 Å². The lowest BCUT2D eigenvalue weighted by Crippen LogP contribution is -2.40. The lowest BCUT2D eigenvalue weighted by atomic mass is 9.75. The minimum Gasteiger partial charge on any atom is -0.326 e. The van der Waals surface area contributed by atoms with Gasteiger partial charge >= 0.3 is 0 Å². The molecule has 2 atom stereocenters. The molecule has 0 bridgehead atoms. The largest absolute Gasteiger partial charge is 0.326 e. The summed E-state index contributed by atoms with van der Waals surface area (Å²) in [6, 6.07) is 19.2. The van der Waals surface area contributed by atoms with Gasteiger partial charge in [0.15, 0.2) is 0 Å². The quantitative estimate of drug-likeness (QED) is 0.887. The average Bonchev–Trinajstić information content (AvgIpc) is 3.41. The molecule has 0 amide bonds. The predicted molar refractivity (Wildman–Crippen MR) is 95.5 cm³/mol. The van der Waals surface area contributed by atoms with Crippen LogP contribution in [-0.2, 0) is 19.4 Å². The van der Waals surface area contributed by atoms with Gasteiger partial charge in [0, 0.05) is 24.5 Å². The van der Waals surface area contributed by atoms with Gasteiger partial charge in [-0.05, 0) is 54.4 Å². The minimum absolute atomic E-state index is 0.563. The van der Waals surface area contributed by atoms with Crippen LogP contribution in [0.3, 0.4) is 0 Å². The molecule has 0 saturated heterocycles. The number of nitrogens with two attached hydrogens (primary N) is 1. The van der Waals surface area contributed by atoms with Crippen LogP contribution in [0.15, 0.2) is 48.5 Å². The van der Waals surface area contributed by atoms with Crippen molar-refractivity contribution in [3.63, 3.8) is 0 Å². The molecule has 0 aromatic heterocycles. The van der Waals surface area contributed by atoms with Crippen LogP contribution in [0.2, 0.25) is 0 Å². The van der Waals surface area contributed by atoms with Crippen LogP contribution in [0, 0.1) is 0 Å². The van der Waals surface area contributed by atoms with Crippen molar-refractivity contribution in [1.82, 2.24) is 5.32 Å². The van der Waals surface area contributed by atoms with Crippen molar-refractivity contribution in [3.8, 4) is 0 Å². The normalized spacial score (nSPS) is 23.5. The highest BCUT2D eigenvalue weighted by atomic mass is 15.0. The number of hydrogen-bond donors (Lipinski definition) is 2. The van der Waals surface area contributed by atoms with Crippen LogP contribution >= 0.6 is 0 Å². The van der Waals surface area contributed by atoms with E-state index in [1.54, 1.807) is 0 Å². The number of fused-ring (bicyclic) bond motifs is 1. The van der Waals surface area contributed by atoms with Gasteiger partial charge in [-0.3, -0.25) is 0 Å². The first kappa shape index (κ1) is 14.9. The summed E-state index contributed by atoms with van der Waals surface area (Å²) in [6.45, 7) is 0.631. The van der Waals surface area contributed by atoms with Gasteiger partial charge in [-0.25, -0.2) is 0 Å². The van der Waals surface area contributed by atoms with Crippen LogP contribution in [0.4, 0.5) is 0 Å². The average molecular weight is 306 g/mol. The molecular weight excluding hydrogens is 280 g/mol. The molecule has 4 rings (SSSR count).